The van der Waals surface area contributed by atoms with Crippen LogP contribution in [-0.4, -0.2) is 31.4 Å². The molecule has 0 bridgehead atoms. The first-order valence-corrected chi connectivity index (χ1v) is 8.05. The van der Waals surface area contributed by atoms with Gasteiger partial charge in [-0.15, -0.1) is 0 Å². The van der Waals surface area contributed by atoms with Crippen LogP contribution in [0.15, 0.2) is 24.3 Å². The number of hydrogen-bond acceptors (Lipinski definition) is 3. The first-order valence-electron chi connectivity index (χ1n) is 8.05. The van der Waals surface area contributed by atoms with E-state index in [0.29, 0.717) is 5.92 Å². The summed E-state index contributed by atoms with van der Waals surface area (Å²) in [5, 5.41) is 3.43. The van der Waals surface area contributed by atoms with E-state index in [2.05, 4.69) is 57.3 Å². The van der Waals surface area contributed by atoms with E-state index in [4.69, 9.17) is 9.31 Å². The fourth-order valence-corrected chi connectivity index (χ4v) is 3.09. The molecular weight excluding hydrogens is 261 g/mol. The lowest BCUT2D eigenvalue weighted by atomic mass is 9.76. The van der Waals surface area contributed by atoms with Crippen molar-refractivity contribution >= 4 is 12.6 Å². The van der Waals surface area contributed by atoms with Gasteiger partial charge in [-0.25, -0.2) is 0 Å². The number of benzene rings is 1. The van der Waals surface area contributed by atoms with Crippen molar-refractivity contribution in [2.45, 2.75) is 57.7 Å². The second-order valence-corrected chi connectivity index (χ2v) is 7.28. The van der Waals surface area contributed by atoms with Crippen LogP contribution in [-0.2, 0) is 9.31 Å². The van der Waals surface area contributed by atoms with Crippen molar-refractivity contribution in [3.63, 3.8) is 0 Å². The predicted octanol–water partition coefficient (Wildman–Crippen LogP) is 2.45. The zero-order valence-corrected chi connectivity index (χ0v) is 13.6. The average molecular weight is 287 g/mol. The van der Waals surface area contributed by atoms with E-state index in [1.54, 1.807) is 0 Å². The molecule has 21 heavy (non-hydrogen) atoms. The van der Waals surface area contributed by atoms with Gasteiger partial charge >= 0.3 is 7.12 Å². The maximum atomic E-state index is 6.16. The van der Waals surface area contributed by atoms with E-state index in [-0.39, 0.29) is 18.3 Å². The fourth-order valence-electron chi connectivity index (χ4n) is 3.09. The zero-order chi connectivity index (χ0) is 15.1. The van der Waals surface area contributed by atoms with E-state index >= 15 is 0 Å². The van der Waals surface area contributed by atoms with Gasteiger partial charge in [0, 0.05) is 0 Å². The van der Waals surface area contributed by atoms with E-state index in [9.17, 15) is 0 Å². The molecule has 0 radical (unpaired) electrons. The smallest absolute Gasteiger partial charge is 0.399 e. The van der Waals surface area contributed by atoms with E-state index in [1.807, 2.05) is 0 Å². The fraction of sp³-hybridized carbons (Fsp3) is 0.647. The van der Waals surface area contributed by atoms with Crippen LogP contribution in [0.5, 0.6) is 0 Å². The molecule has 3 nitrogen and oxygen atoms in total. The highest BCUT2D eigenvalue weighted by Gasteiger charge is 2.51. The first-order chi connectivity index (χ1) is 9.89. The highest BCUT2D eigenvalue weighted by Crippen LogP contribution is 2.36. The average Bonchev–Trinajstić information content (AvgIpc) is 2.69. The van der Waals surface area contributed by atoms with Gasteiger partial charge in [0.2, 0.25) is 0 Å². The molecule has 2 fully saturated rings. The van der Waals surface area contributed by atoms with Gasteiger partial charge in [0.1, 0.15) is 0 Å². The Morgan fingerprint density at radius 3 is 2.29 bits per heavy atom. The summed E-state index contributed by atoms with van der Waals surface area (Å²) in [4.78, 5) is 0. The summed E-state index contributed by atoms with van der Waals surface area (Å²) >= 11 is 0. The van der Waals surface area contributed by atoms with Crippen LogP contribution in [0.1, 0.15) is 52.0 Å². The van der Waals surface area contributed by atoms with Crippen LogP contribution in [0.3, 0.4) is 0 Å². The minimum atomic E-state index is -0.275. The Balaban J connectivity index is 1.81. The summed E-state index contributed by atoms with van der Waals surface area (Å²) in [5.41, 5.74) is 2.01. The second-order valence-electron chi connectivity index (χ2n) is 7.28. The van der Waals surface area contributed by atoms with Crippen molar-refractivity contribution in [1.29, 1.82) is 0 Å². The van der Waals surface area contributed by atoms with Crippen molar-refractivity contribution in [1.82, 2.24) is 5.32 Å². The molecule has 2 aliphatic rings. The molecule has 4 heteroatoms. The largest absolute Gasteiger partial charge is 0.494 e. The van der Waals surface area contributed by atoms with Crippen LogP contribution in [0, 0.1) is 0 Å². The summed E-state index contributed by atoms with van der Waals surface area (Å²) in [6.45, 7) is 10.6. The monoisotopic (exact) mass is 287 g/mol. The third-order valence-electron chi connectivity index (χ3n) is 5.25. The minimum absolute atomic E-state index is 0.253. The molecule has 0 aliphatic carbocycles. The van der Waals surface area contributed by atoms with Gasteiger partial charge in [-0.05, 0) is 70.6 Å². The maximum absolute atomic E-state index is 6.16. The third-order valence-corrected chi connectivity index (χ3v) is 5.25. The molecule has 1 N–H and O–H groups in total. The molecule has 114 valence electrons. The zero-order valence-electron chi connectivity index (χ0n) is 13.6. The Bertz CT molecular complexity index is 493. The van der Waals surface area contributed by atoms with E-state index in [1.165, 1.54) is 18.4 Å². The lowest BCUT2D eigenvalue weighted by molar-refractivity contribution is 0.00578. The lowest BCUT2D eigenvalue weighted by Crippen LogP contribution is -2.41. The van der Waals surface area contributed by atoms with Gasteiger partial charge in [0.15, 0.2) is 0 Å². The number of rotatable bonds is 2. The van der Waals surface area contributed by atoms with Gasteiger partial charge in [0.25, 0.3) is 0 Å². The Labute approximate surface area is 128 Å². The molecule has 2 heterocycles. The first kappa shape index (κ1) is 15.1. The summed E-state index contributed by atoms with van der Waals surface area (Å²) in [6.07, 6.45) is 2.43. The summed E-state index contributed by atoms with van der Waals surface area (Å²) < 4.78 is 12.3. The standard InChI is InChI=1S/C17H26BNO2/c1-16(2)17(3,4)21-18(20-16)15-7-5-6-14(12-15)13-8-10-19-11-9-13/h5-7,12-13,19H,8-11H2,1-4H3. The molecule has 0 spiro atoms. The molecule has 0 amide bonds. The molecule has 0 unspecified atom stereocenters. The highest BCUT2D eigenvalue weighted by atomic mass is 16.7. The van der Waals surface area contributed by atoms with Crippen molar-refractivity contribution in [3.8, 4) is 0 Å². The summed E-state index contributed by atoms with van der Waals surface area (Å²) in [5.74, 6) is 0.661. The molecule has 3 rings (SSSR count). The van der Waals surface area contributed by atoms with Crippen molar-refractivity contribution in [2.75, 3.05) is 13.1 Å². The maximum Gasteiger partial charge on any atom is 0.494 e. The normalized spacial score (nSPS) is 25.2. The quantitative estimate of drug-likeness (QED) is 0.848. The molecular formula is C17H26BNO2. The molecule has 0 atom stereocenters. The topological polar surface area (TPSA) is 30.5 Å². The predicted molar refractivity (Wildman–Crippen MR) is 87.0 cm³/mol. The van der Waals surface area contributed by atoms with E-state index in [0.717, 1.165) is 18.6 Å². The summed E-state index contributed by atoms with van der Waals surface area (Å²) in [7, 11) is -0.253. The lowest BCUT2D eigenvalue weighted by Gasteiger charge is -2.32. The molecule has 1 aromatic carbocycles. The number of nitrogens with one attached hydrogen (secondary N) is 1. The van der Waals surface area contributed by atoms with Crippen LogP contribution in [0.25, 0.3) is 0 Å². The molecule has 0 aromatic heterocycles. The van der Waals surface area contributed by atoms with Gasteiger partial charge in [-0.3, -0.25) is 0 Å². The molecule has 2 saturated heterocycles. The van der Waals surface area contributed by atoms with Crippen LogP contribution in [0.4, 0.5) is 0 Å². The van der Waals surface area contributed by atoms with Gasteiger partial charge in [-0.1, -0.05) is 24.3 Å². The molecule has 1 aromatic rings. The van der Waals surface area contributed by atoms with Crippen molar-refractivity contribution in [3.05, 3.63) is 29.8 Å². The van der Waals surface area contributed by atoms with Crippen molar-refractivity contribution in [2.24, 2.45) is 0 Å². The second kappa shape index (κ2) is 5.42. The van der Waals surface area contributed by atoms with E-state index < -0.39 is 0 Å². The SMILES string of the molecule is CC1(C)OB(c2cccc(C3CCNCC3)c2)OC1(C)C. The van der Waals surface area contributed by atoms with Crippen molar-refractivity contribution < 1.29 is 9.31 Å². The minimum Gasteiger partial charge on any atom is -0.399 e. The Kier molecular flexibility index (Phi) is 3.89. The van der Waals surface area contributed by atoms with Crippen LogP contribution in [0.2, 0.25) is 0 Å². The third kappa shape index (κ3) is 2.89. The molecule has 2 aliphatic heterocycles. The number of piperidine rings is 1. The van der Waals surface area contributed by atoms with Gasteiger partial charge in [-0.2, -0.15) is 0 Å². The van der Waals surface area contributed by atoms with Crippen LogP contribution < -0.4 is 10.8 Å². The number of hydrogen-bond donors (Lipinski definition) is 1. The summed E-state index contributed by atoms with van der Waals surface area (Å²) in [6, 6.07) is 8.77. The Hall–Kier alpha value is -0.835. The van der Waals surface area contributed by atoms with Gasteiger partial charge < -0.3 is 14.6 Å². The Morgan fingerprint density at radius 1 is 1.05 bits per heavy atom. The highest BCUT2D eigenvalue weighted by molar-refractivity contribution is 6.62. The van der Waals surface area contributed by atoms with Crippen LogP contribution >= 0.6 is 0 Å². The molecule has 0 saturated carbocycles. The van der Waals surface area contributed by atoms with Gasteiger partial charge in [0.05, 0.1) is 11.2 Å². The Morgan fingerprint density at radius 2 is 1.67 bits per heavy atom.